The molecule has 5 N–H and O–H groups in total. The summed E-state index contributed by atoms with van der Waals surface area (Å²) in [6.45, 7) is 2.44. The van der Waals surface area contributed by atoms with Crippen LogP contribution in [0.25, 0.3) is 11.3 Å². The third-order valence-electron chi connectivity index (χ3n) is 4.30. The van der Waals surface area contributed by atoms with Crippen molar-refractivity contribution >= 4 is 45.0 Å². The lowest BCUT2D eigenvalue weighted by atomic mass is 10.1. The zero-order valence-electron chi connectivity index (χ0n) is 15.5. The van der Waals surface area contributed by atoms with Gasteiger partial charge in [-0.25, -0.2) is 18.5 Å². The van der Waals surface area contributed by atoms with E-state index in [1.807, 2.05) is 6.92 Å². The van der Waals surface area contributed by atoms with E-state index in [0.717, 1.165) is 16.7 Å². The molecule has 29 heavy (non-hydrogen) atoms. The monoisotopic (exact) mass is 451 g/mol. The van der Waals surface area contributed by atoms with Crippen molar-refractivity contribution in [2.24, 2.45) is 5.14 Å². The average molecular weight is 452 g/mol. The van der Waals surface area contributed by atoms with Crippen LogP contribution in [-0.4, -0.2) is 24.9 Å². The summed E-state index contributed by atoms with van der Waals surface area (Å²) in [4.78, 5) is 8.57. The number of hydrogen-bond donors (Lipinski definition) is 3. The highest BCUT2D eigenvalue weighted by Gasteiger charge is 2.11. The molecular formula is C19H19Cl2N5O2S. The van der Waals surface area contributed by atoms with Crippen LogP contribution in [0.5, 0.6) is 0 Å². The van der Waals surface area contributed by atoms with E-state index >= 15 is 0 Å². The van der Waals surface area contributed by atoms with Crippen LogP contribution in [0.1, 0.15) is 11.1 Å². The molecule has 7 nitrogen and oxygen atoms in total. The van der Waals surface area contributed by atoms with Crippen molar-refractivity contribution in [2.45, 2.75) is 18.2 Å². The number of nitrogens with two attached hydrogens (primary N) is 2. The van der Waals surface area contributed by atoms with Crippen LogP contribution in [0, 0.1) is 6.92 Å². The molecule has 0 aliphatic rings. The summed E-state index contributed by atoms with van der Waals surface area (Å²) in [6, 6.07) is 11.6. The number of nitrogens with one attached hydrogen (secondary N) is 1. The Kier molecular flexibility index (Phi) is 6.28. The minimum Gasteiger partial charge on any atom is -0.370 e. The molecule has 152 valence electrons. The summed E-state index contributed by atoms with van der Waals surface area (Å²) in [5, 5.41) is 9.35. The highest BCUT2D eigenvalue weighted by Crippen LogP contribution is 2.32. The summed E-state index contributed by atoms with van der Waals surface area (Å²) >= 11 is 12.3. The fourth-order valence-corrected chi connectivity index (χ4v) is 3.80. The lowest BCUT2D eigenvalue weighted by molar-refractivity contribution is 0.598. The lowest BCUT2D eigenvalue weighted by Crippen LogP contribution is -2.12. The second-order valence-corrected chi connectivity index (χ2v) is 8.83. The van der Waals surface area contributed by atoms with E-state index in [0.29, 0.717) is 34.5 Å². The molecule has 0 bridgehead atoms. The molecule has 0 spiro atoms. The molecule has 3 aromatic rings. The molecule has 0 amide bonds. The fourth-order valence-electron chi connectivity index (χ4n) is 2.79. The predicted octanol–water partition coefficient (Wildman–Crippen LogP) is 3.64. The third-order valence-corrected chi connectivity index (χ3v) is 5.84. The molecular weight excluding hydrogens is 433 g/mol. The van der Waals surface area contributed by atoms with Crippen molar-refractivity contribution in [1.29, 1.82) is 0 Å². The number of anilines is 2. The van der Waals surface area contributed by atoms with Gasteiger partial charge in [0.1, 0.15) is 5.82 Å². The smallest absolute Gasteiger partial charge is 0.238 e. The molecule has 0 saturated heterocycles. The first-order valence-electron chi connectivity index (χ1n) is 8.59. The third kappa shape index (κ3) is 5.36. The molecule has 0 radical (unpaired) electrons. The van der Waals surface area contributed by atoms with Gasteiger partial charge >= 0.3 is 0 Å². The van der Waals surface area contributed by atoms with E-state index in [2.05, 4.69) is 15.3 Å². The Balaban J connectivity index is 1.74. The number of nitrogen functional groups attached to an aromatic ring is 1. The van der Waals surface area contributed by atoms with Crippen LogP contribution >= 0.6 is 23.2 Å². The summed E-state index contributed by atoms with van der Waals surface area (Å²) < 4.78 is 22.6. The topological polar surface area (TPSA) is 124 Å². The van der Waals surface area contributed by atoms with Gasteiger partial charge < -0.3 is 11.1 Å². The van der Waals surface area contributed by atoms with Gasteiger partial charge in [-0.15, -0.1) is 0 Å². The van der Waals surface area contributed by atoms with Gasteiger partial charge in [0.15, 0.2) is 0 Å². The van der Waals surface area contributed by atoms with Crippen molar-refractivity contribution in [1.82, 2.24) is 9.97 Å². The molecule has 0 saturated carbocycles. The first-order valence-corrected chi connectivity index (χ1v) is 10.9. The Labute approximate surface area is 179 Å². The first-order chi connectivity index (χ1) is 13.6. The van der Waals surface area contributed by atoms with Crippen molar-refractivity contribution in [2.75, 3.05) is 17.6 Å². The Bertz CT molecular complexity index is 1150. The van der Waals surface area contributed by atoms with Crippen molar-refractivity contribution in [3.63, 3.8) is 0 Å². The van der Waals surface area contributed by atoms with Gasteiger partial charge in [0, 0.05) is 28.2 Å². The van der Waals surface area contributed by atoms with E-state index in [4.69, 9.17) is 34.1 Å². The first kappa shape index (κ1) is 21.3. The number of hydrogen-bond acceptors (Lipinski definition) is 6. The molecule has 0 unspecified atom stereocenters. The highest BCUT2D eigenvalue weighted by atomic mass is 35.5. The molecule has 0 aliphatic heterocycles. The van der Waals surface area contributed by atoms with E-state index in [-0.39, 0.29) is 10.8 Å². The minimum atomic E-state index is -3.69. The van der Waals surface area contributed by atoms with Crippen LogP contribution < -0.4 is 16.2 Å². The molecule has 3 rings (SSSR count). The summed E-state index contributed by atoms with van der Waals surface area (Å²) in [5.74, 6) is 0.683. The van der Waals surface area contributed by atoms with Crippen molar-refractivity contribution < 1.29 is 8.42 Å². The number of sulfonamides is 1. The maximum atomic E-state index is 11.3. The van der Waals surface area contributed by atoms with E-state index < -0.39 is 10.0 Å². The number of rotatable bonds is 6. The number of nitrogens with zero attached hydrogens (tertiary/aromatic N) is 2. The van der Waals surface area contributed by atoms with Crippen LogP contribution in [0.15, 0.2) is 47.4 Å². The largest absolute Gasteiger partial charge is 0.370 e. The van der Waals surface area contributed by atoms with Crippen molar-refractivity contribution in [3.8, 4) is 11.3 Å². The fraction of sp³-hybridized carbons (Fsp3) is 0.158. The second kappa shape index (κ2) is 8.54. The number of aromatic nitrogens is 2. The van der Waals surface area contributed by atoms with E-state index in [1.54, 1.807) is 30.3 Å². The standard InChI is InChI=1S/C19H19Cl2N5O2S/c1-11-15(8-13(20)9-16(11)21)17-10-18(26-19(22)25-17)24-7-6-12-2-4-14(5-3-12)29(23,27)28/h2-5,8-10H,6-7H2,1H3,(H2,23,27,28)(H3,22,24,25,26). The number of benzene rings is 2. The second-order valence-electron chi connectivity index (χ2n) is 6.42. The zero-order chi connectivity index (χ0) is 21.2. The number of halogens is 2. The Hall–Kier alpha value is -2.39. The Morgan fingerprint density at radius 3 is 2.41 bits per heavy atom. The van der Waals surface area contributed by atoms with Gasteiger partial charge in [0.2, 0.25) is 16.0 Å². The van der Waals surface area contributed by atoms with Gasteiger partial charge in [-0.1, -0.05) is 35.3 Å². The van der Waals surface area contributed by atoms with Crippen LogP contribution in [0.2, 0.25) is 10.0 Å². The molecule has 2 aromatic carbocycles. The van der Waals surface area contributed by atoms with Gasteiger partial charge in [-0.2, -0.15) is 4.98 Å². The van der Waals surface area contributed by atoms with Gasteiger partial charge in [0.25, 0.3) is 0 Å². The minimum absolute atomic E-state index is 0.0815. The van der Waals surface area contributed by atoms with E-state index in [1.165, 1.54) is 12.1 Å². The van der Waals surface area contributed by atoms with Gasteiger partial charge in [0.05, 0.1) is 10.6 Å². The van der Waals surface area contributed by atoms with Crippen LogP contribution in [-0.2, 0) is 16.4 Å². The average Bonchev–Trinajstić information content (AvgIpc) is 2.64. The van der Waals surface area contributed by atoms with E-state index in [9.17, 15) is 8.42 Å². The van der Waals surface area contributed by atoms with Crippen molar-refractivity contribution in [3.05, 3.63) is 63.6 Å². The molecule has 0 fully saturated rings. The molecule has 10 heteroatoms. The summed E-state index contributed by atoms with van der Waals surface area (Å²) in [6.07, 6.45) is 0.645. The highest BCUT2D eigenvalue weighted by molar-refractivity contribution is 7.89. The normalized spacial score (nSPS) is 11.4. The van der Waals surface area contributed by atoms with Gasteiger partial charge in [-0.05, 0) is 48.7 Å². The Morgan fingerprint density at radius 1 is 1.07 bits per heavy atom. The van der Waals surface area contributed by atoms with Gasteiger partial charge in [-0.3, -0.25) is 0 Å². The summed E-state index contributed by atoms with van der Waals surface area (Å²) in [5.41, 5.74) is 9.04. The lowest BCUT2D eigenvalue weighted by Gasteiger charge is -2.11. The van der Waals surface area contributed by atoms with Crippen LogP contribution in [0.3, 0.4) is 0 Å². The predicted molar refractivity (Wildman–Crippen MR) is 117 cm³/mol. The Morgan fingerprint density at radius 2 is 1.76 bits per heavy atom. The zero-order valence-corrected chi connectivity index (χ0v) is 17.8. The SMILES string of the molecule is Cc1c(Cl)cc(Cl)cc1-c1cc(NCCc2ccc(S(N)(=O)=O)cc2)nc(N)n1. The maximum absolute atomic E-state index is 11.3. The molecule has 1 heterocycles. The molecule has 0 aliphatic carbocycles. The van der Waals surface area contributed by atoms with Crippen LogP contribution in [0.4, 0.5) is 11.8 Å². The molecule has 1 aromatic heterocycles. The maximum Gasteiger partial charge on any atom is 0.238 e. The number of primary sulfonamides is 1. The molecule has 0 atom stereocenters. The quantitative estimate of drug-likeness (QED) is 0.525. The summed E-state index contributed by atoms with van der Waals surface area (Å²) in [7, 11) is -3.69.